The van der Waals surface area contributed by atoms with Crippen molar-refractivity contribution in [1.29, 1.82) is 0 Å². The van der Waals surface area contributed by atoms with Crippen LogP contribution in [0.1, 0.15) is 11.1 Å². The third-order valence-corrected chi connectivity index (χ3v) is 4.33. The molecule has 3 aromatic rings. The van der Waals surface area contributed by atoms with E-state index in [2.05, 4.69) is 31.8 Å². The molecule has 0 aliphatic rings. The Hall–Kier alpha value is -3.52. The highest BCUT2D eigenvalue weighted by Gasteiger charge is 2.12. The number of benzene rings is 3. The highest BCUT2D eigenvalue weighted by molar-refractivity contribution is 9.10. The minimum atomic E-state index is -0.947. The molecule has 6 nitrogen and oxygen atoms in total. The van der Waals surface area contributed by atoms with Crippen molar-refractivity contribution >= 4 is 39.6 Å². The molecule has 0 radical (unpaired) electrons. The molecule has 0 aliphatic heterocycles. The number of hydrazone groups is 1. The molecule has 3 aromatic carbocycles. The van der Waals surface area contributed by atoms with Crippen molar-refractivity contribution in [2.24, 2.45) is 5.10 Å². The van der Waals surface area contributed by atoms with Gasteiger partial charge in [-0.3, -0.25) is 9.59 Å². The zero-order valence-corrected chi connectivity index (χ0v) is 17.2. The van der Waals surface area contributed by atoms with Crippen LogP contribution in [0.25, 0.3) is 0 Å². The van der Waals surface area contributed by atoms with Gasteiger partial charge in [0.25, 0.3) is 0 Å². The van der Waals surface area contributed by atoms with Gasteiger partial charge in [-0.15, -0.1) is 0 Å². The third kappa shape index (κ3) is 6.52. The third-order valence-electron chi connectivity index (χ3n) is 3.84. The van der Waals surface area contributed by atoms with Gasteiger partial charge in [0.05, 0.1) is 6.21 Å². The fraction of sp³-hybridized carbons (Fsp3) is 0.0455. The summed E-state index contributed by atoms with van der Waals surface area (Å²) in [6.07, 6.45) is 1.40. The molecule has 30 heavy (non-hydrogen) atoms. The average Bonchev–Trinajstić information content (AvgIpc) is 2.74. The van der Waals surface area contributed by atoms with E-state index in [1.165, 1.54) is 30.5 Å². The summed E-state index contributed by atoms with van der Waals surface area (Å²) in [5.41, 5.74) is 4.14. The summed E-state index contributed by atoms with van der Waals surface area (Å²) in [5, 5.41) is 6.13. The molecular weight excluding hydrogens is 453 g/mol. The van der Waals surface area contributed by atoms with Gasteiger partial charge in [0, 0.05) is 10.2 Å². The molecular formula is C22H17BrFN3O3. The molecule has 0 fully saturated rings. The van der Waals surface area contributed by atoms with E-state index in [1.807, 2.05) is 30.3 Å². The smallest absolute Gasteiger partial charge is 0.329 e. The molecule has 0 bridgehead atoms. The second-order valence-electron chi connectivity index (χ2n) is 6.15. The number of anilines is 1. The molecule has 0 spiro atoms. The molecule has 152 valence electrons. The van der Waals surface area contributed by atoms with Crippen molar-refractivity contribution in [3.63, 3.8) is 0 Å². The first-order chi connectivity index (χ1) is 14.5. The second kappa shape index (κ2) is 10.3. The van der Waals surface area contributed by atoms with E-state index in [4.69, 9.17) is 4.74 Å². The zero-order valence-electron chi connectivity index (χ0n) is 15.6. The first-order valence-electron chi connectivity index (χ1n) is 8.87. The molecule has 0 atom stereocenters. The van der Waals surface area contributed by atoms with Gasteiger partial charge in [-0.1, -0.05) is 40.2 Å². The Morgan fingerprint density at radius 1 is 1.00 bits per heavy atom. The number of nitrogens with zero attached hydrogens (tertiary/aromatic N) is 1. The van der Waals surface area contributed by atoms with Gasteiger partial charge >= 0.3 is 11.8 Å². The molecule has 0 heterocycles. The summed E-state index contributed by atoms with van der Waals surface area (Å²) in [6, 6.07) is 20.0. The second-order valence-corrected chi connectivity index (χ2v) is 7.07. The molecule has 8 heteroatoms. The van der Waals surface area contributed by atoms with Gasteiger partial charge < -0.3 is 10.1 Å². The Labute approximate surface area is 180 Å². The summed E-state index contributed by atoms with van der Waals surface area (Å²) in [6.45, 7) is 0.403. The highest BCUT2D eigenvalue weighted by Crippen LogP contribution is 2.16. The maximum atomic E-state index is 12.9. The fourth-order valence-electron chi connectivity index (χ4n) is 2.42. The van der Waals surface area contributed by atoms with Crippen molar-refractivity contribution < 1.29 is 18.7 Å². The van der Waals surface area contributed by atoms with Crippen molar-refractivity contribution in [2.75, 3.05) is 5.32 Å². The standard InChI is InChI=1S/C22H17BrFN3O3/c23-17-5-1-4-16(11-17)14-30-20-6-2-3-15(12-20)13-25-27-22(29)21(28)26-19-9-7-18(24)8-10-19/h1-13H,14H2,(H,26,28)(H,27,29). The molecule has 0 saturated heterocycles. The van der Waals surface area contributed by atoms with Crippen LogP contribution in [0.4, 0.5) is 10.1 Å². The van der Waals surface area contributed by atoms with Crippen LogP contribution in [0.15, 0.2) is 82.4 Å². The van der Waals surface area contributed by atoms with Crippen LogP contribution >= 0.6 is 15.9 Å². The zero-order chi connectivity index (χ0) is 21.3. The quantitative estimate of drug-likeness (QED) is 0.321. The number of nitrogens with one attached hydrogen (secondary N) is 2. The van der Waals surface area contributed by atoms with Gasteiger partial charge in [-0.25, -0.2) is 9.82 Å². The Bertz CT molecular complexity index is 1070. The Morgan fingerprint density at radius 2 is 1.77 bits per heavy atom. The molecule has 2 amide bonds. The van der Waals surface area contributed by atoms with Crippen LogP contribution in [-0.2, 0) is 16.2 Å². The van der Waals surface area contributed by atoms with E-state index >= 15 is 0 Å². The number of rotatable bonds is 6. The monoisotopic (exact) mass is 469 g/mol. The minimum Gasteiger partial charge on any atom is -0.489 e. The van der Waals surface area contributed by atoms with Gasteiger partial charge in [-0.05, 0) is 59.7 Å². The Balaban J connectivity index is 1.51. The lowest BCUT2D eigenvalue weighted by Crippen LogP contribution is -2.32. The Morgan fingerprint density at radius 3 is 2.53 bits per heavy atom. The topological polar surface area (TPSA) is 79.8 Å². The average molecular weight is 470 g/mol. The number of carbonyl (C=O) groups excluding carboxylic acids is 2. The molecule has 2 N–H and O–H groups in total. The lowest BCUT2D eigenvalue weighted by atomic mass is 10.2. The molecule has 0 aromatic heterocycles. The van der Waals surface area contributed by atoms with Gasteiger partial charge in [-0.2, -0.15) is 5.10 Å². The van der Waals surface area contributed by atoms with E-state index in [-0.39, 0.29) is 0 Å². The highest BCUT2D eigenvalue weighted by atomic mass is 79.9. The van der Waals surface area contributed by atoms with E-state index in [0.717, 1.165) is 10.0 Å². The lowest BCUT2D eigenvalue weighted by Gasteiger charge is -2.07. The van der Waals surface area contributed by atoms with Gasteiger partial charge in [0.15, 0.2) is 0 Å². The summed E-state index contributed by atoms with van der Waals surface area (Å²) >= 11 is 3.42. The summed E-state index contributed by atoms with van der Waals surface area (Å²) in [7, 11) is 0. The molecule has 0 aliphatic carbocycles. The number of ether oxygens (including phenoxy) is 1. The van der Waals surface area contributed by atoms with Gasteiger partial charge in [0.1, 0.15) is 18.2 Å². The molecule has 3 rings (SSSR count). The van der Waals surface area contributed by atoms with Crippen molar-refractivity contribution in [3.05, 3.63) is 94.2 Å². The Kier molecular flexibility index (Phi) is 7.29. The SMILES string of the molecule is O=C(NN=Cc1cccc(OCc2cccc(Br)c2)c1)C(=O)Nc1ccc(F)cc1. The largest absolute Gasteiger partial charge is 0.489 e. The number of amides is 2. The van der Waals surface area contributed by atoms with Crippen LogP contribution in [0.3, 0.4) is 0 Å². The van der Waals surface area contributed by atoms with Crippen LogP contribution in [0.5, 0.6) is 5.75 Å². The van der Waals surface area contributed by atoms with Crippen molar-refractivity contribution in [2.45, 2.75) is 6.61 Å². The normalized spacial score (nSPS) is 10.6. The van der Waals surface area contributed by atoms with Crippen LogP contribution in [0, 0.1) is 5.82 Å². The van der Waals surface area contributed by atoms with E-state index in [9.17, 15) is 14.0 Å². The van der Waals surface area contributed by atoms with Crippen LogP contribution < -0.4 is 15.5 Å². The van der Waals surface area contributed by atoms with Crippen molar-refractivity contribution in [3.8, 4) is 5.75 Å². The maximum absolute atomic E-state index is 12.9. The molecule has 0 saturated carbocycles. The summed E-state index contributed by atoms with van der Waals surface area (Å²) in [5.74, 6) is -1.66. The minimum absolute atomic E-state index is 0.302. The maximum Gasteiger partial charge on any atom is 0.329 e. The first kappa shape index (κ1) is 21.2. The van der Waals surface area contributed by atoms with E-state index in [1.54, 1.807) is 18.2 Å². The van der Waals surface area contributed by atoms with E-state index < -0.39 is 17.6 Å². The van der Waals surface area contributed by atoms with Gasteiger partial charge in [0.2, 0.25) is 0 Å². The number of carbonyl (C=O) groups is 2. The fourth-order valence-corrected chi connectivity index (χ4v) is 2.86. The number of hydrogen-bond donors (Lipinski definition) is 2. The van der Waals surface area contributed by atoms with Crippen LogP contribution in [0.2, 0.25) is 0 Å². The summed E-state index contributed by atoms with van der Waals surface area (Å²) in [4.78, 5) is 23.6. The van der Waals surface area contributed by atoms with Crippen LogP contribution in [-0.4, -0.2) is 18.0 Å². The van der Waals surface area contributed by atoms with Crippen molar-refractivity contribution in [1.82, 2.24) is 5.43 Å². The number of halogens is 2. The number of hydrogen-bond acceptors (Lipinski definition) is 4. The first-order valence-corrected chi connectivity index (χ1v) is 9.66. The molecule has 0 unspecified atom stereocenters. The lowest BCUT2D eigenvalue weighted by molar-refractivity contribution is -0.136. The predicted molar refractivity (Wildman–Crippen MR) is 116 cm³/mol. The summed E-state index contributed by atoms with van der Waals surface area (Å²) < 4.78 is 19.6. The van der Waals surface area contributed by atoms with E-state index in [0.29, 0.717) is 23.6 Å². The predicted octanol–water partition coefficient (Wildman–Crippen LogP) is 4.26.